The van der Waals surface area contributed by atoms with Crippen LogP contribution in [0.2, 0.25) is 0 Å². The number of benzene rings is 1. The van der Waals surface area contributed by atoms with Gasteiger partial charge in [0, 0.05) is 17.0 Å². The molecule has 0 spiro atoms. The maximum Gasteiger partial charge on any atom is 0.0861 e. The Bertz CT molecular complexity index is 386. The number of aliphatic hydroxyl groups excluding tert-OH is 2. The highest BCUT2D eigenvalue weighted by Gasteiger charge is 2.31. The van der Waals surface area contributed by atoms with Crippen molar-refractivity contribution in [3.05, 3.63) is 35.4 Å². The number of nitrogens with one attached hydrogen (secondary N) is 1. The second-order valence-corrected chi connectivity index (χ2v) is 5.92. The number of aliphatic hydroxyl groups is 2. The number of thioether (sulfide) groups is 1. The molecule has 1 aliphatic carbocycles. The summed E-state index contributed by atoms with van der Waals surface area (Å²) in [6, 6.07) is 8.90. The molecular formula is C14H21NO2S. The summed E-state index contributed by atoms with van der Waals surface area (Å²) in [5.74, 6) is 0.594. The Morgan fingerprint density at radius 3 is 2.94 bits per heavy atom. The van der Waals surface area contributed by atoms with Crippen LogP contribution in [0.25, 0.3) is 0 Å². The molecular weight excluding hydrogens is 246 g/mol. The Morgan fingerprint density at radius 2 is 2.22 bits per heavy atom. The quantitative estimate of drug-likeness (QED) is 0.728. The largest absolute Gasteiger partial charge is 0.394 e. The lowest BCUT2D eigenvalue weighted by Crippen LogP contribution is -2.28. The van der Waals surface area contributed by atoms with Gasteiger partial charge in [-0.15, -0.1) is 0 Å². The van der Waals surface area contributed by atoms with E-state index in [0.29, 0.717) is 17.0 Å². The van der Waals surface area contributed by atoms with Crippen LogP contribution in [0.4, 0.5) is 0 Å². The summed E-state index contributed by atoms with van der Waals surface area (Å²) >= 11 is 1.75. The van der Waals surface area contributed by atoms with Crippen LogP contribution in [-0.4, -0.2) is 40.5 Å². The van der Waals surface area contributed by atoms with E-state index in [-0.39, 0.29) is 6.61 Å². The molecule has 0 amide bonds. The zero-order valence-corrected chi connectivity index (χ0v) is 11.5. The minimum atomic E-state index is -0.610. The second-order valence-electron chi connectivity index (χ2n) is 4.65. The van der Waals surface area contributed by atoms with Gasteiger partial charge < -0.3 is 15.5 Å². The molecule has 2 rings (SSSR count). The number of rotatable bonds is 6. The lowest BCUT2D eigenvalue weighted by molar-refractivity contribution is 0.113. The van der Waals surface area contributed by atoms with Crippen LogP contribution in [0.1, 0.15) is 24.1 Å². The molecule has 0 radical (unpaired) electrons. The van der Waals surface area contributed by atoms with Crippen molar-refractivity contribution in [1.29, 1.82) is 0 Å². The molecule has 100 valence electrons. The molecule has 0 fully saturated rings. The Balaban J connectivity index is 2.04. The molecule has 3 unspecified atom stereocenters. The zero-order valence-electron chi connectivity index (χ0n) is 10.7. The molecule has 1 aromatic carbocycles. The van der Waals surface area contributed by atoms with Crippen molar-refractivity contribution in [3.63, 3.8) is 0 Å². The van der Waals surface area contributed by atoms with Gasteiger partial charge in [-0.25, -0.2) is 0 Å². The first-order chi connectivity index (χ1) is 8.76. The van der Waals surface area contributed by atoms with E-state index >= 15 is 0 Å². The summed E-state index contributed by atoms with van der Waals surface area (Å²) in [5.41, 5.74) is 2.79. The fourth-order valence-electron chi connectivity index (χ4n) is 2.46. The first kappa shape index (κ1) is 13.9. The molecule has 0 aliphatic heterocycles. The molecule has 3 nitrogen and oxygen atoms in total. The van der Waals surface area contributed by atoms with Crippen LogP contribution < -0.4 is 5.32 Å². The Hall–Kier alpha value is -0.550. The van der Waals surface area contributed by atoms with Gasteiger partial charge in [-0.1, -0.05) is 31.2 Å². The van der Waals surface area contributed by atoms with Gasteiger partial charge in [0.2, 0.25) is 0 Å². The van der Waals surface area contributed by atoms with Gasteiger partial charge in [0.05, 0.1) is 12.7 Å². The SMILES string of the molecule is CCNC1c2ccccc2CC1SCC(O)CO. The monoisotopic (exact) mass is 267 g/mol. The molecule has 18 heavy (non-hydrogen) atoms. The maximum atomic E-state index is 9.46. The summed E-state index contributed by atoms with van der Waals surface area (Å²) in [5, 5.41) is 22.3. The van der Waals surface area contributed by atoms with Crippen LogP contribution >= 0.6 is 11.8 Å². The maximum absolute atomic E-state index is 9.46. The van der Waals surface area contributed by atoms with Gasteiger partial charge >= 0.3 is 0 Å². The van der Waals surface area contributed by atoms with Crippen molar-refractivity contribution < 1.29 is 10.2 Å². The minimum Gasteiger partial charge on any atom is -0.394 e. The van der Waals surface area contributed by atoms with E-state index in [0.717, 1.165) is 13.0 Å². The standard InChI is InChI=1S/C14H21NO2S/c1-2-15-14-12-6-4-3-5-10(12)7-13(14)18-9-11(17)8-16/h3-6,11,13-17H,2,7-9H2,1H3. The zero-order chi connectivity index (χ0) is 13.0. The minimum absolute atomic E-state index is 0.154. The van der Waals surface area contributed by atoms with Gasteiger partial charge in [-0.3, -0.25) is 0 Å². The van der Waals surface area contributed by atoms with E-state index in [1.54, 1.807) is 11.8 Å². The highest BCUT2D eigenvalue weighted by Crippen LogP contribution is 2.38. The van der Waals surface area contributed by atoms with Crippen molar-refractivity contribution in [2.24, 2.45) is 0 Å². The van der Waals surface area contributed by atoms with Crippen molar-refractivity contribution >= 4 is 11.8 Å². The highest BCUT2D eigenvalue weighted by atomic mass is 32.2. The van der Waals surface area contributed by atoms with Crippen LogP contribution in [0.3, 0.4) is 0 Å². The first-order valence-corrected chi connectivity index (χ1v) is 7.52. The second kappa shape index (κ2) is 6.57. The van der Waals surface area contributed by atoms with Gasteiger partial charge in [0.1, 0.15) is 0 Å². The molecule has 3 N–H and O–H groups in total. The van der Waals surface area contributed by atoms with E-state index in [2.05, 4.69) is 36.5 Å². The van der Waals surface area contributed by atoms with Crippen LogP contribution in [0.15, 0.2) is 24.3 Å². The molecule has 0 heterocycles. The van der Waals surface area contributed by atoms with Crippen molar-refractivity contribution in [2.75, 3.05) is 18.9 Å². The molecule has 1 aromatic rings. The predicted octanol–water partition coefficient (Wildman–Crippen LogP) is 1.35. The van der Waals surface area contributed by atoms with E-state index in [1.807, 2.05) is 0 Å². The smallest absolute Gasteiger partial charge is 0.0861 e. The fraction of sp³-hybridized carbons (Fsp3) is 0.571. The number of hydrogen-bond acceptors (Lipinski definition) is 4. The van der Waals surface area contributed by atoms with E-state index < -0.39 is 6.10 Å². The Labute approximate surface area is 113 Å². The first-order valence-electron chi connectivity index (χ1n) is 6.48. The lowest BCUT2D eigenvalue weighted by Gasteiger charge is -2.21. The van der Waals surface area contributed by atoms with E-state index in [4.69, 9.17) is 5.11 Å². The summed E-state index contributed by atoms with van der Waals surface area (Å²) in [6.07, 6.45) is 0.428. The molecule has 1 aliphatic rings. The van der Waals surface area contributed by atoms with E-state index in [1.165, 1.54) is 11.1 Å². The third kappa shape index (κ3) is 3.06. The Morgan fingerprint density at radius 1 is 1.44 bits per heavy atom. The summed E-state index contributed by atoms with van der Waals surface area (Å²) in [7, 11) is 0. The summed E-state index contributed by atoms with van der Waals surface area (Å²) < 4.78 is 0. The van der Waals surface area contributed by atoms with Crippen LogP contribution in [0.5, 0.6) is 0 Å². The van der Waals surface area contributed by atoms with Crippen molar-refractivity contribution in [2.45, 2.75) is 30.7 Å². The van der Waals surface area contributed by atoms with E-state index in [9.17, 15) is 5.11 Å². The molecule has 4 heteroatoms. The van der Waals surface area contributed by atoms with Gasteiger partial charge in [0.15, 0.2) is 0 Å². The summed E-state index contributed by atoms with van der Waals surface area (Å²) in [6.45, 7) is 2.91. The molecule has 3 atom stereocenters. The fourth-order valence-corrected chi connectivity index (χ4v) is 3.77. The van der Waals surface area contributed by atoms with Gasteiger partial charge in [-0.2, -0.15) is 11.8 Å². The van der Waals surface area contributed by atoms with Crippen molar-refractivity contribution in [1.82, 2.24) is 5.32 Å². The van der Waals surface area contributed by atoms with Crippen molar-refractivity contribution in [3.8, 4) is 0 Å². The number of fused-ring (bicyclic) bond motifs is 1. The molecule has 0 aromatic heterocycles. The summed E-state index contributed by atoms with van der Waals surface area (Å²) in [4.78, 5) is 0. The van der Waals surface area contributed by atoms with Gasteiger partial charge in [-0.05, 0) is 24.1 Å². The van der Waals surface area contributed by atoms with Crippen LogP contribution in [-0.2, 0) is 6.42 Å². The third-order valence-electron chi connectivity index (χ3n) is 3.32. The lowest BCUT2D eigenvalue weighted by atomic mass is 10.1. The average molecular weight is 267 g/mol. The average Bonchev–Trinajstić information content (AvgIpc) is 2.75. The Kier molecular flexibility index (Phi) is 5.06. The normalized spacial score (nSPS) is 23.9. The number of hydrogen-bond donors (Lipinski definition) is 3. The molecule has 0 saturated heterocycles. The molecule has 0 bridgehead atoms. The predicted molar refractivity (Wildman–Crippen MR) is 75.9 cm³/mol. The third-order valence-corrected chi connectivity index (χ3v) is 4.76. The van der Waals surface area contributed by atoms with Crippen LogP contribution in [0, 0.1) is 0 Å². The molecule has 0 saturated carbocycles. The van der Waals surface area contributed by atoms with Gasteiger partial charge in [0.25, 0.3) is 0 Å². The highest BCUT2D eigenvalue weighted by molar-refractivity contribution is 8.00. The topological polar surface area (TPSA) is 52.5 Å².